The fraction of sp³-hybridized carbons (Fsp3) is 0.455. The molecule has 1 heterocycles. The molecule has 0 radical (unpaired) electrons. The van der Waals surface area contributed by atoms with Crippen LogP contribution in [0.3, 0.4) is 0 Å². The molecule has 1 saturated heterocycles. The maximum atomic E-state index is 6.11. The highest BCUT2D eigenvalue weighted by Crippen LogP contribution is 2.26. The van der Waals surface area contributed by atoms with Gasteiger partial charge in [-0.1, -0.05) is 74.1 Å². The number of benzene rings is 2. The molecule has 1 aliphatic rings. The van der Waals surface area contributed by atoms with Gasteiger partial charge >= 0.3 is 0 Å². The molecule has 0 bridgehead atoms. The predicted molar refractivity (Wildman–Crippen MR) is 109 cm³/mol. The SMILES string of the molecule is CC[Si](C)(C)c1cccc(COc2cccc(C3CCCCN3)c2)c1. The number of nitrogens with one attached hydrogen (secondary N) is 1. The summed E-state index contributed by atoms with van der Waals surface area (Å²) in [4.78, 5) is 0. The van der Waals surface area contributed by atoms with Crippen molar-refractivity contribution in [2.24, 2.45) is 0 Å². The van der Waals surface area contributed by atoms with E-state index in [0.717, 1.165) is 12.3 Å². The average Bonchev–Trinajstić information content (AvgIpc) is 2.67. The first-order valence-corrected chi connectivity index (χ1v) is 12.8. The standard InChI is InChI=1S/C22H31NOSi/c1-4-25(2,3)21-12-7-9-18(15-21)17-24-20-11-8-10-19(16-20)22-13-5-6-14-23-22/h7-12,15-16,22-23H,4-6,13-14,17H2,1-3H3. The van der Waals surface area contributed by atoms with Gasteiger partial charge in [0.05, 0.1) is 8.07 Å². The highest BCUT2D eigenvalue weighted by molar-refractivity contribution is 6.89. The van der Waals surface area contributed by atoms with E-state index in [2.05, 4.69) is 73.9 Å². The number of hydrogen-bond donors (Lipinski definition) is 1. The fourth-order valence-corrected chi connectivity index (χ4v) is 4.94. The zero-order chi connectivity index (χ0) is 17.7. The molecule has 134 valence electrons. The molecule has 0 aromatic heterocycles. The second kappa shape index (κ2) is 8.20. The number of rotatable bonds is 6. The summed E-state index contributed by atoms with van der Waals surface area (Å²) < 4.78 is 6.11. The van der Waals surface area contributed by atoms with Crippen molar-refractivity contribution >= 4 is 13.3 Å². The van der Waals surface area contributed by atoms with Crippen LogP contribution in [0.4, 0.5) is 0 Å². The second-order valence-electron chi connectivity index (χ2n) is 7.80. The zero-order valence-corrected chi connectivity index (χ0v) is 16.8. The van der Waals surface area contributed by atoms with Crippen molar-refractivity contribution in [1.82, 2.24) is 5.32 Å². The van der Waals surface area contributed by atoms with Crippen LogP contribution in [0, 0.1) is 0 Å². The lowest BCUT2D eigenvalue weighted by Crippen LogP contribution is -2.40. The lowest BCUT2D eigenvalue weighted by atomic mass is 9.97. The Morgan fingerprint density at radius 1 is 1.08 bits per heavy atom. The molecule has 0 amide bonds. The van der Waals surface area contributed by atoms with Crippen molar-refractivity contribution in [3.05, 3.63) is 59.7 Å². The molecular formula is C22H31NOSi. The molecule has 2 aromatic carbocycles. The Kier molecular flexibility index (Phi) is 5.97. The second-order valence-corrected chi connectivity index (χ2v) is 12.9. The van der Waals surface area contributed by atoms with Crippen LogP contribution in [0.15, 0.2) is 48.5 Å². The molecule has 3 rings (SSSR count). The van der Waals surface area contributed by atoms with Crippen LogP contribution in [0.1, 0.15) is 43.4 Å². The van der Waals surface area contributed by atoms with Gasteiger partial charge in [0.15, 0.2) is 0 Å². The van der Waals surface area contributed by atoms with Crippen molar-refractivity contribution in [2.45, 2.75) is 58.0 Å². The van der Waals surface area contributed by atoms with E-state index in [1.807, 2.05) is 0 Å². The lowest BCUT2D eigenvalue weighted by molar-refractivity contribution is 0.305. The van der Waals surface area contributed by atoms with Crippen molar-refractivity contribution in [2.75, 3.05) is 6.54 Å². The van der Waals surface area contributed by atoms with Crippen molar-refractivity contribution < 1.29 is 4.74 Å². The van der Waals surface area contributed by atoms with Crippen LogP contribution >= 0.6 is 0 Å². The molecule has 1 atom stereocenters. The number of ether oxygens (including phenoxy) is 1. The van der Waals surface area contributed by atoms with Crippen molar-refractivity contribution in [3.63, 3.8) is 0 Å². The topological polar surface area (TPSA) is 21.3 Å². The van der Waals surface area contributed by atoms with Gasteiger partial charge in [-0.05, 0) is 42.6 Å². The molecule has 0 saturated carbocycles. The highest BCUT2D eigenvalue weighted by atomic mass is 28.3. The molecule has 1 fully saturated rings. The van der Waals surface area contributed by atoms with Gasteiger partial charge in [0, 0.05) is 6.04 Å². The van der Waals surface area contributed by atoms with Gasteiger partial charge in [0.2, 0.25) is 0 Å². The first-order valence-electron chi connectivity index (χ1n) is 9.64. The third-order valence-electron chi connectivity index (χ3n) is 5.57. The van der Waals surface area contributed by atoms with Gasteiger partial charge < -0.3 is 10.1 Å². The largest absolute Gasteiger partial charge is 0.489 e. The summed E-state index contributed by atoms with van der Waals surface area (Å²) in [5.74, 6) is 0.974. The highest BCUT2D eigenvalue weighted by Gasteiger charge is 2.20. The molecule has 1 N–H and O–H groups in total. The van der Waals surface area contributed by atoms with E-state index >= 15 is 0 Å². The monoisotopic (exact) mass is 353 g/mol. The molecule has 2 nitrogen and oxygen atoms in total. The van der Waals surface area contributed by atoms with E-state index in [1.54, 1.807) is 0 Å². The summed E-state index contributed by atoms with van der Waals surface area (Å²) in [6.07, 6.45) is 3.83. The van der Waals surface area contributed by atoms with Crippen LogP contribution in [-0.2, 0) is 6.61 Å². The van der Waals surface area contributed by atoms with E-state index in [9.17, 15) is 0 Å². The third kappa shape index (κ3) is 4.74. The maximum Gasteiger partial charge on any atom is 0.120 e. The van der Waals surface area contributed by atoms with Crippen LogP contribution in [0.2, 0.25) is 19.1 Å². The van der Waals surface area contributed by atoms with E-state index in [0.29, 0.717) is 12.6 Å². The summed E-state index contributed by atoms with van der Waals surface area (Å²) in [6.45, 7) is 8.95. The van der Waals surface area contributed by atoms with Crippen LogP contribution in [0.5, 0.6) is 5.75 Å². The summed E-state index contributed by atoms with van der Waals surface area (Å²) in [5, 5.41) is 5.14. The Morgan fingerprint density at radius 2 is 1.92 bits per heavy atom. The van der Waals surface area contributed by atoms with Gasteiger partial charge in [0.1, 0.15) is 12.4 Å². The minimum absolute atomic E-state index is 0.483. The molecule has 0 spiro atoms. The Hall–Kier alpha value is -1.58. The minimum Gasteiger partial charge on any atom is -0.489 e. The summed E-state index contributed by atoms with van der Waals surface area (Å²) in [7, 11) is -1.29. The first-order chi connectivity index (χ1) is 12.1. The van der Waals surface area contributed by atoms with Crippen LogP contribution < -0.4 is 15.2 Å². The fourth-order valence-electron chi connectivity index (χ4n) is 3.41. The molecule has 1 aliphatic heterocycles. The Balaban J connectivity index is 1.66. The molecule has 2 aromatic rings. The van der Waals surface area contributed by atoms with E-state index in [-0.39, 0.29) is 0 Å². The van der Waals surface area contributed by atoms with Gasteiger partial charge in [-0.3, -0.25) is 0 Å². The smallest absolute Gasteiger partial charge is 0.120 e. The van der Waals surface area contributed by atoms with E-state index in [1.165, 1.54) is 41.6 Å². The zero-order valence-electron chi connectivity index (χ0n) is 15.8. The van der Waals surface area contributed by atoms with Gasteiger partial charge in [-0.15, -0.1) is 0 Å². The van der Waals surface area contributed by atoms with Gasteiger partial charge in [-0.2, -0.15) is 0 Å². The molecule has 1 unspecified atom stereocenters. The summed E-state index contributed by atoms with van der Waals surface area (Å²) in [6, 6.07) is 19.4. The van der Waals surface area contributed by atoms with Gasteiger partial charge in [0.25, 0.3) is 0 Å². The Bertz CT molecular complexity index is 692. The maximum absolute atomic E-state index is 6.11. The third-order valence-corrected chi connectivity index (χ3v) is 9.21. The van der Waals surface area contributed by atoms with Crippen molar-refractivity contribution in [3.8, 4) is 5.75 Å². The molecular weight excluding hydrogens is 322 g/mol. The molecule has 0 aliphatic carbocycles. The van der Waals surface area contributed by atoms with E-state index < -0.39 is 8.07 Å². The predicted octanol–water partition coefficient (Wildman–Crippen LogP) is 5.02. The normalized spacial score (nSPS) is 18.1. The Labute approximate surface area is 153 Å². The molecule has 3 heteroatoms. The summed E-state index contributed by atoms with van der Waals surface area (Å²) >= 11 is 0. The number of piperidine rings is 1. The van der Waals surface area contributed by atoms with Crippen LogP contribution in [-0.4, -0.2) is 14.6 Å². The van der Waals surface area contributed by atoms with Crippen molar-refractivity contribution in [1.29, 1.82) is 0 Å². The molecule has 25 heavy (non-hydrogen) atoms. The summed E-state index contributed by atoms with van der Waals surface area (Å²) in [5.41, 5.74) is 2.62. The average molecular weight is 354 g/mol. The first kappa shape index (κ1) is 18.2. The minimum atomic E-state index is -1.29. The quantitative estimate of drug-likeness (QED) is 0.737. The Morgan fingerprint density at radius 3 is 2.68 bits per heavy atom. The van der Waals surface area contributed by atoms with Crippen LogP contribution in [0.25, 0.3) is 0 Å². The number of hydrogen-bond acceptors (Lipinski definition) is 2. The van der Waals surface area contributed by atoms with E-state index in [4.69, 9.17) is 4.74 Å². The van der Waals surface area contributed by atoms with Gasteiger partial charge in [-0.25, -0.2) is 0 Å². The lowest BCUT2D eigenvalue weighted by Gasteiger charge is -2.24.